The minimum Gasteiger partial charge on any atom is -0.244 e. The molecule has 0 radical (unpaired) electrons. The van der Waals surface area contributed by atoms with Crippen molar-refractivity contribution in [2.75, 3.05) is 0 Å². The van der Waals surface area contributed by atoms with Gasteiger partial charge in [-0.25, -0.2) is 14.6 Å². The number of aromatic nitrogens is 4. The van der Waals surface area contributed by atoms with Crippen LogP contribution < -0.4 is 0 Å². The van der Waals surface area contributed by atoms with E-state index < -0.39 is 0 Å². The van der Waals surface area contributed by atoms with E-state index in [4.69, 9.17) is 21.7 Å². The summed E-state index contributed by atoms with van der Waals surface area (Å²) >= 11 is 8.00. The molecule has 0 N–H and O–H groups in total. The summed E-state index contributed by atoms with van der Waals surface area (Å²) in [6, 6.07) is 8.26. The van der Waals surface area contributed by atoms with Gasteiger partial charge in [-0.3, -0.25) is 0 Å². The van der Waals surface area contributed by atoms with Crippen LogP contribution in [0.5, 0.6) is 0 Å². The van der Waals surface area contributed by atoms with Crippen molar-refractivity contribution in [1.82, 2.24) is 19.7 Å². The van der Waals surface area contributed by atoms with Crippen LogP contribution in [-0.2, 0) is 0 Å². The van der Waals surface area contributed by atoms with Crippen molar-refractivity contribution in [3.05, 3.63) is 41.3 Å². The van der Waals surface area contributed by atoms with Gasteiger partial charge in [0.05, 0.1) is 15.9 Å². The molecule has 4 nitrogen and oxygen atoms in total. The second-order valence-corrected chi connectivity index (χ2v) is 8.89. The van der Waals surface area contributed by atoms with Gasteiger partial charge in [0.15, 0.2) is 11.6 Å². The smallest absolute Gasteiger partial charge is 0.170 e. The lowest BCUT2D eigenvalue weighted by Gasteiger charge is -2.21. The van der Waals surface area contributed by atoms with Gasteiger partial charge in [0.1, 0.15) is 5.01 Å². The Morgan fingerprint density at radius 1 is 1.19 bits per heavy atom. The van der Waals surface area contributed by atoms with Crippen LogP contribution in [-0.4, -0.2) is 19.7 Å². The van der Waals surface area contributed by atoms with Gasteiger partial charge in [0.2, 0.25) is 0 Å². The molecule has 1 unspecified atom stereocenters. The molecule has 26 heavy (non-hydrogen) atoms. The van der Waals surface area contributed by atoms with Crippen molar-refractivity contribution in [2.45, 2.75) is 51.0 Å². The van der Waals surface area contributed by atoms with Gasteiger partial charge in [-0.2, -0.15) is 5.10 Å². The zero-order valence-corrected chi connectivity index (χ0v) is 16.3. The van der Waals surface area contributed by atoms with Gasteiger partial charge < -0.3 is 0 Å². The number of benzene rings is 1. The minimum atomic E-state index is 0.400. The third-order valence-electron chi connectivity index (χ3n) is 5.64. The number of nitrogens with zero attached hydrogens (tertiary/aromatic N) is 4. The molecule has 5 rings (SSSR count). The Balaban J connectivity index is 1.54. The molecule has 1 aromatic carbocycles. The standard InChI is InChI=1S/C20H21ClN4S/c1-12(13-9-10-13)25-19(23-18(24-25)14-5-4-6-14)17-11-22-20(26-17)15-7-2-3-8-16(15)21/h2-3,7-8,11-14H,4-6,9-10H2,1H3. The van der Waals surface area contributed by atoms with Gasteiger partial charge >= 0.3 is 0 Å². The van der Waals surface area contributed by atoms with Crippen molar-refractivity contribution < 1.29 is 0 Å². The SMILES string of the molecule is CC(C1CC1)n1nc(C2CCC2)nc1-c1cnc(-c2ccccc2Cl)s1. The largest absolute Gasteiger partial charge is 0.244 e. The average molecular weight is 385 g/mol. The molecular weight excluding hydrogens is 364 g/mol. The molecule has 2 fully saturated rings. The van der Waals surface area contributed by atoms with E-state index in [0.717, 1.165) is 38.0 Å². The molecule has 0 spiro atoms. The van der Waals surface area contributed by atoms with Crippen LogP contribution in [0.15, 0.2) is 30.5 Å². The summed E-state index contributed by atoms with van der Waals surface area (Å²) in [4.78, 5) is 10.7. The summed E-state index contributed by atoms with van der Waals surface area (Å²) in [5.74, 6) is 3.27. The van der Waals surface area contributed by atoms with Gasteiger partial charge in [-0.15, -0.1) is 11.3 Å². The zero-order valence-electron chi connectivity index (χ0n) is 14.7. The number of rotatable bonds is 5. The van der Waals surface area contributed by atoms with Crippen LogP contribution in [0.1, 0.15) is 56.8 Å². The molecule has 2 heterocycles. The van der Waals surface area contributed by atoms with Gasteiger partial charge in [-0.05, 0) is 44.6 Å². The molecule has 2 aliphatic rings. The fraction of sp³-hybridized carbons (Fsp3) is 0.450. The second-order valence-electron chi connectivity index (χ2n) is 7.45. The molecule has 2 aliphatic carbocycles. The number of hydrogen-bond acceptors (Lipinski definition) is 4. The molecule has 2 saturated carbocycles. The van der Waals surface area contributed by atoms with Crippen molar-refractivity contribution in [1.29, 1.82) is 0 Å². The first-order valence-corrected chi connectivity index (χ1v) is 10.6. The van der Waals surface area contributed by atoms with Crippen molar-refractivity contribution in [3.63, 3.8) is 0 Å². The minimum absolute atomic E-state index is 0.400. The van der Waals surface area contributed by atoms with E-state index >= 15 is 0 Å². The van der Waals surface area contributed by atoms with Crippen molar-refractivity contribution in [3.8, 4) is 21.3 Å². The Labute approximate surface area is 162 Å². The average Bonchev–Trinajstić information content (AvgIpc) is 3.18. The summed E-state index contributed by atoms with van der Waals surface area (Å²) in [6.07, 6.45) is 8.25. The van der Waals surface area contributed by atoms with Gasteiger partial charge in [0.25, 0.3) is 0 Å². The summed E-state index contributed by atoms with van der Waals surface area (Å²) in [5.41, 5.74) is 0.978. The number of thiazole rings is 1. The second kappa shape index (κ2) is 6.46. The lowest BCUT2D eigenvalue weighted by atomic mass is 9.85. The van der Waals surface area contributed by atoms with Crippen LogP contribution in [0.2, 0.25) is 5.02 Å². The Bertz CT molecular complexity index is 939. The highest BCUT2D eigenvalue weighted by Crippen LogP contribution is 2.43. The zero-order chi connectivity index (χ0) is 17.7. The van der Waals surface area contributed by atoms with Crippen LogP contribution >= 0.6 is 22.9 Å². The van der Waals surface area contributed by atoms with Crippen molar-refractivity contribution in [2.24, 2.45) is 5.92 Å². The van der Waals surface area contributed by atoms with Gasteiger partial charge in [-0.1, -0.05) is 36.2 Å². The third kappa shape index (κ3) is 2.87. The fourth-order valence-corrected chi connectivity index (χ4v) is 4.76. The molecule has 2 aromatic heterocycles. The number of hydrogen-bond donors (Lipinski definition) is 0. The highest BCUT2D eigenvalue weighted by atomic mass is 35.5. The molecule has 0 bridgehead atoms. The summed E-state index contributed by atoms with van der Waals surface area (Å²) in [6.45, 7) is 2.27. The quantitative estimate of drug-likeness (QED) is 0.545. The summed E-state index contributed by atoms with van der Waals surface area (Å²) < 4.78 is 2.16. The van der Waals surface area contributed by atoms with Crippen LogP contribution in [0.4, 0.5) is 0 Å². The predicted molar refractivity (Wildman–Crippen MR) is 106 cm³/mol. The normalized spacial score (nSPS) is 18.7. The summed E-state index contributed by atoms with van der Waals surface area (Å²) in [5, 5.41) is 6.60. The van der Waals surface area contributed by atoms with E-state index in [1.54, 1.807) is 11.3 Å². The molecule has 0 aliphatic heterocycles. The van der Waals surface area contributed by atoms with E-state index in [1.807, 2.05) is 30.5 Å². The molecular formula is C20H21ClN4S. The molecule has 1 atom stereocenters. The molecule has 6 heteroatoms. The number of halogens is 1. The highest BCUT2D eigenvalue weighted by molar-refractivity contribution is 7.18. The predicted octanol–water partition coefficient (Wildman–Crippen LogP) is 5.96. The highest BCUT2D eigenvalue weighted by Gasteiger charge is 2.34. The Kier molecular flexibility index (Phi) is 4.09. The fourth-order valence-electron chi connectivity index (χ4n) is 3.55. The topological polar surface area (TPSA) is 43.6 Å². The maximum atomic E-state index is 6.35. The van der Waals surface area contributed by atoms with Crippen LogP contribution in [0, 0.1) is 5.92 Å². The molecule has 3 aromatic rings. The van der Waals surface area contributed by atoms with E-state index in [1.165, 1.54) is 32.1 Å². The van der Waals surface area contributed by atoms with E-state index in [2.05, 4.69) is 16.6 Å². The maximum Gasteiger partial charge on any atom is 0.170 e. The first kappa shape index (κ1) is 16.5. The Morgan fingerprint density at radius 3 is 2.69 bits per heavy atom. The first-order valence-electron chi connectivity index (χ1n) is 9.38. The van der Waals surface area contributed by atoms with E-state index in [0.29, 0.717) is 12.0 Å². The van der Waals surface area contributed by atoms with E-state index in [-0.39, 0.29) is 0 Å². The first-order chi connectivity index (χ1) is 12.7. The van der Waals surface area contributed by atoms with E-state index in [9.17, 15) is 0 Å². The Morgan fingerprint density at radius 2 is 2.00 bits per heavy atom. The molecule has 0 amide bonds. The molecule has 0 saturated heterocycles. The van der Waals surface area contributed by atoms with Gasteiger partial charge in [0, 0.05) is 17.7 Å². The van der Waals surface area contributed by atoms with Crippen molar-refractivity contribution >= 4 is 22.9 Å². The third-order valence-corrected chi connectivity index (χ3v) is 6.99. The maximum absolute atomic E-state index is 6.35. The van der Waals surface area contributed by atoms with Crippen LogP contribution in [0.25, 0.3) is 21.3 Å². The monoisotopic (exact) mass is 384 g/mol. The Hall–Kier alpha value is -1.72. The van der Waals surface area contributed by atoms with Crippen LogP contribution in [0.3, 0.4) is 0 Å². The lowest BCUT2D eigenvalue weighted by Crippen LogP contribution is -2.13. The summed E-state index contributed by atoms with van der Waals surface area (Å²) in [7, 11) is 0. The lowest BCUT2D eigenvalue weighted by molar-refractivity contribution is 0.387. The molecule has 134 valence electrons.